The zero-order valence-corrected chi connectivity index (χ0v) is 15.6. The average Bonchev–Trinajstić information content (AvgIpc) is 2.42. The summed E-state index contributed by atoms with van der Waals surface area (Å²) in [6, 6.07) is 0. The fourth-order valence-corrected chi connectivity index (χ4v) is 2.78. The first-order valence-electron chi connectivity index (χ1n) is 9.57. The SMILES string of the molecule is CCNCCCCCCCCCCCCCC[N+](C)(C)C. The van der Waals surface area contributed by atoms with Crippen molar-refractivity contribution in [2.45, 2.75) is 84.0 Å². The molecule has 0 atom stereocenters. The summed E-state index contributed by atoms with van der Waals surface area (Å²) >= 11 is 0. The minimum Gasteiger partial charge on any atom is -0.331 e. The van der Waals surface area contributed by atoms with Gasteiger partial charge < -0.3 is 9.80 Å². The molecule has 0 rings (SSSR count). The predicted octanol–water partition coefficient (Wildman–Crippen LogP) is 4.98. The number of unbranched alkanes of at least 4 members (excludes halogenated alkanes) is 11. The van der Waals surface area contributed by atoms with E-state index in [0.29, 0.717) is 0 Å². The van der Waals surface area contributed by atoms with Gasteiger partial charge in [-0.15, -0.1) is 0 Å². The van der Waals surface area contributed by atoms with Crippen LogP contribution in [0.1, 0.15) is 84.0 Å². The Hall–Kier alpha value is -0.0800. The van der Waals surface area contributed by atoms with Crippen molar-refractivity contribution in [3.63, 3.8) is 0 Å². The zero-order valence-electron chi connectivity index (χ0n) is 15.6. The normalized spacial score (nSPS) is 12.0. The molecule has 0 aliphatic carbocycles. The van der Waals surface area contributed by atoms with Gasteiger partial charge in [0.05, 0.1) is 27.7 Å². The van der Waals surface area contributed by atoms with Crippen molar-refractivity contribution in [3.8, 4) is 0 Å². The van der Waals surface area contributed by atoms with Crippen molar-refractivity contribution >= 4 is 0 Å². The standard InChI is InChI=1S/C19H43N2/c1-5-20-18-16-14-12-10-8-6-7-9-11-13-15-17-19-21(2,3)4/h20H,5-19H2,1-4H3/q+1. The maximum atomic E-state index is 3.40. The Balaban J connectivity index is 3.00. The molecule has 1 N–H and O–H groups in total. The van der Waals surface area contributed by atoms with Gasteiger partial charge in [0.2, 0.25) is 0 Å². The molecule has 0 bridgehead atoms. The Labute approximate surface area is 135 Å². The lowest BCUT2D eigenvalue weighted by atomic mass is 10.0. The van der Waals surface area contributed by atoms with Crippen LogP contribution in [-0.4, -0.2) is 45.3 Å². The molecule has 21 heavy (non-hydrogen) atoms. The average molecular weight is 300 g/mol. The first kappa shape index (κ1) is 20.9. The van der Waals surface area contributed by atoms with Gasteiger partial charge in [0.1, 0.15) is 0 Å². The number of hydrogen-bond donors (Lipinski definition) is 1. The summed E-state index contributed by atoms with van der Waals surface area (Å²) in [6.45, 7) is 5.84. The predicted molar refractivity (Wildman–Crippen MR) is 96.8 cm³/mol. The summed E-state index contributed by atoms with van der Waals surface area (Å²) in [7, 11) is 6.88. The molecule has 0 aromatic rings. The molecule has 0 amide bonds. The smallest absolute Gasteiger partial charge is 0.0780 e. The maximum absolute atomic E-state index is 3.40. The maximum Gasteiger partial charge on any atom is 0.0780 e. The molecular formula is C19H43N2+. The molecule has 0 saturated carbocycles. The highest BCUT2D eigenvalue weighted by Gasteiger charge is 2.04. The third kappa shape index (κ3) is 19.9. The number of rotatable bonds is 16. The van der Waals surface area contributed by atoms with E-state index in [0.717, 1.165) is 11.0 Å². The molecule has 0 aromatic heterocycles. The molecule has 0 radical (unpaired) electrons. The monoisotopic (exact) mass is 299 g/mol. The van der Waals surface area contributed by atoms with Crippen LogP contribution in [0, 0.1) is 0 Å². The van der Waals surface area contributed by atoms with Crippen LogP contribution in [0.2, 0.25) is 0 Å². The van der Waals surface area contributed by atoms with Crippen molar-refractivity contribution < 1.29 is 4.48 Å². The summed E-state index contributed by atoms with van der Waals surface area (Å²) in [5.74, 6) is 0. The van der Waals surface area contributed by atoms with E-state index in [-0.39, 0.29) is 0 Å². The van der Waals surface area contributed by atoms with Crippen LogP contribution in [0.4, 0.5) is 0 Å². The number of hydrogen-bond acceptors (Lipinski definition) is 1. The fraction of sp³-hybridized carbons (Fsp3) is 1.00. The fourth-order valence-electron chi connectivity index (χ4n) is 2.78. The quantitative estimate of drug-likeness (QED) is 0.313. The molecule has 0 heterocycles. The van der Waals surface area contributed by atoms with Gasteiger partial charge in [-0.3, -0.25) is 0 Å². The highest BCUT2D eigenvalue weighted by molar-refractivity contribution is 4.50. The van der Waals surface area contributed by atoms with E-state index in [1.54, 1.807) is 0 Å². The Kier molecular flexibility index (Phi) is 14.8. The summed E-state index contributed by atoms with van der Waals surface area (Å²) in [6.07, 6.45) is 17.3. The van der Waals surface area contributed by atoms with Gasteiger partial charge in [-0.25, -0.2) is 0 Å². The van der Waals surface area contributed by atoms with Crippen molar-refractivity contribution in [2.75, 3.05) is 40.8 Å². The van der Waals surface area contributed by atoms with E-state index in [4.69, 9.17) is 0 Å². The molecule has 2 heteroatoms. The van der Waals surface area contributed by atoms with E-state index in [2.05, 4.69) is 33.4 Å². The molecule has 128 valence electrons. The topological polar surface area (TPSA) is 12.0 Å². The largest absolute Gasteiger partial charge is 0.331 e. The third-order valence-electron chi connectivity index (χ3n) is 4.18. The summed E-state index contributed by atoms with van der Waals surface area (Å²) in [5, 5.41) is 3.40. The second-order valence-electron chi connectivity index (χ2n) is 7.61. The number of nitrogens with one attached hydrogen (secondary N) is 1. The summed E-state index contributed by atoms with van der Waals surface area (Å²) in [5.41, 5.74) is 0. The molecule has 0 spiro atoms. The van der Waals surface area contributed by atoms with Crippen LogP contribution in [0.15, 0.2) is 0 Å². The van der Waals surface area contributed by atoms with Gasteiger partial charge in [0.25, 0.3) is 0 Å². The molecule has 0 aliphatic rings. The van der Waals surface area contributed by atoms with Gasteiger partial charge in [0, 0.05) is 0 Å². The molecule has 0 saturated heterocycles. The Morgan fingerprint density at radius 1 is 0.571 bits per heavy atom. The minimum atomic E-state index is 1.12. The molecule has 0 fully saturated rings. The van der Waals surface area contributed by atoms with Crippen LogP contribution in [0.5, 0.6) is 0 Å². The Morgan fingerprint density at radius 3 is 1.33 bits per heavy atom. The zero-order chi connectivity index (χ0) is 15.8. The van der Waals surface area contributed by atoms with Gasteiger partial charge in [0.15, 0.2) is 0 Å². The van der Waals surface area contributed by atoms with Gasteiger partial charge in [-0.2, -0.15) is 0 Å². The van der Waals surface area contributed by atoms with Crippen molar-refractivity contribution in [1.29, 1.82) is 0 Å². The van der Waals surface area contributed by atoms with Gasteiger partial charge in [-0.1, -0.05) is 64.7 Å². The summed E-state index contributed by atoms with van der Waals surface area (Å²) in [4.78, 5) is 0. The number of quaternary nitrogens is 1. The highest BCUT2D eigenvalue weighted by atomic mass is 15.3. The van der Waals surface area contributed by atoms with Crippen LogP contribution < -0.4 is 5.32 Å². The lowest BCUT2D eigenvalue weighted by Gasteiger charge is -2.23. The van der Waals surface area contributed by atoms with E-state index in [1.165, 1.54) is 90.1 Å². The van der Waals surface area contributed by atoms with Gasteiger partial charge in [-0.05, 0) is 32.4 Å². The van der Waals surface area contributed by atoms with Crippen LogP contribution >= 0.6 is 0 Å². The molecule has 2 nitrogen and oxygen atoms in total. The molecule has 0 aromatic carbocycles. The van der Waals surface area contributed by atoms with E-state index < -0.39 is 0 Å². The second-order valence-corrected chi connectivity index (χ2v) is 7.61. The van der Waals surface area contributed by atoms with Crippen LogP contribution in [0.25, 0.3) is 0 Å². The summed E-state index contributed by atoms with van der Waals surface area (Å²) < 4.78 is 1.12. The van der Waals surface area contributed by atoms with Crippen LogP contribution in [-0.2, 0) is 0 Å². The Bertz CT molecular complexity index is 196. The minimum absolute atomic E-state index is 1.12. The van der Waals surface area contributed by atoms with Crippen molar-refractivity contribution in [3.05, 3.63) is 0 Å². The first-order chi connectivity index (χ1) is 10.1. The van der Waals surface area contributed by atoms with Gasteiger partial charge >= 0.3 is 0 Å². The second kappa shape index (κ2) is 14.8. The van der Waals surface area contributed by atoms with Crippen LogP contribution in [0.3, 0.4) is 0 Å². The molecular weight excluding hydrogens is 256 g/mol. The highest BCUT2D eigenvalue weighted by Crippen LogP contribution is 2.12. The Morgan fingerprint density at radius 2 is 0.952 bits per heavy atom. The van der Waals surface area contributed by atoms with E-state index in [1.807, 2.05) is 0 Å². The van der Waals surface area contributed by atoms with E-state index in [9.17, 15) is 0 Å². The molecule has 0 aliphatic heterocycles. The number of nitrogens with zero attached hydrogens (tertiary/aromatic N) is 1. The van der Waals surface area contributed by atoms with Crippen molar-refractivity contribution in [2.24, 2.45) is 0 Å². The van der Waals surface area contributed by atoms with E-state index >= 15 is 0 Å². The molecule has 0 unspecified atom stereocenters. The lowest BCUT2D eigenvalue weighted by Crippen LogP contribution is -2.35. The first-order valence-corrected chi connectivity index (χ1v) is 9.57. The third-order valence-corrected chi connectivity index (χ3v) is 4.18. The lowest BCUT2D eigenvalue weighted by molar-refractivity contribution is -0.870. The van der Waals surface area contributed by atoms with Crippen molar-refractivity contribution in [1.82, 2.24) is 5.32 Å².